The monoisotopic (exact) mass is 256 g/mol. The van der Waals surface area contributed by atoms with E-state index in [4.69, 9.17) is 0 Å². The largest absolute Gasteiger partial charge is 0.369 e. The third kappa shape index (κ3) is 3.55. The molecule has 0 saturated carbocycles. The van der Waals surface area contributed by atoms with Crippen LogP contribution >= 0.6 is 0 Å². The summed E-state index contributed by atoms with van der Waals surface area (Å²) in [5.41, 5.74) is 2.67. The van der Waals surface area contributed by atoms with E-state index in [9.17, 15) is 5.26 Å². The first-order chi connectivity index (χ1) is 9.20. The molecule has 2 rings (SSSR count). The van der Waals surface area contributed by atoms with Gasteiger partial charge in [-0.3, -0.25) is 0 Å². The van der Waals surface area contributed by atoms with Crippen LogP contribution in [-0.2, 0) is 0 Å². The second-order valence-corrected chi connectivity index (χ2v) is 5.12. The van der Waals surface area contributed by atoms with Crippen LogP contribution in [0.5, 0.6) is 0 Å². The van der Waals surface area contributed by atoms with Gasteiger partial charge in [-0.2, -0.15) is 5.26 Å². The molecule has 19 heavy (non-hydrogen) atoms. The van der Waals surface area contributed by atoms with Gasteiger partial charge in [-0.25, -0.2) is 4.99 Å². The van der Waals surface area contributed by atoms with E-state index in [1.54, 1.807) is 6.34 Å². The molecular weight excluding hydrogens is 236 g/mol. The normalized spacial score (nSPS) is 16.5. The first-order valence-corrected chi connectivity index (χ1v) is 6.66. The van der Waals surface area contributed by atoms with Gasteiger partial charge in [-0.05, 0) is 49.5 Å². The lowest BCUT2D eigenvalue weighted by molar-refractivity contribution is 0.460. The number of nitriles is 1. The summed E-state index contributed by atoms with van der Waals surface area (Å²) in [4.78, 5) is 6.19. The van der Waals surface area contributed by atoms with Gasteiger partial charge in [0, 0.05) is 14.1 Å². The maximum absolute atomic E-state index is 9.26. The van der Waals surface area contributed by atoms with Crippen molar-refractivity contribution in [3.8, 4) is 6.07 Å². The third-order valence-electron chi connectivity index (χ3n) is 3.38. The number of hydrogen-bond donors (Lipinski definition) is 1. The summed E-state index contributed by atoms with van der Waals surface area (Å²) in [5.74, 6) is 0.570. The quantitative estimate of drug-likeness (QED) is 0.666. The zero-order valence-corrected chi connectivity index (χ0v) is 11.6. The van der Waals surface area contributed by atoms with Crippen LogP contribution in [0.3, 0.4) is 0 Å². The average Bonchev–Trinajstić information content (AvgIpc) is 2.45. The second kappa shape index (κ2) is 6.35. The first-order valence-electron chi connectivity index (χ1n) is 6.66. The predicted octanol–water partition coefficient (Wildman–Crippen LogP) is 2.25. The molecule has 0 atom stereocenters. The lowest BCUT2D eigenvalue weighted by Gasteiger charge is -2.23. The number of rotatable bonds is 3. The molecule has 1 N–H and O–H groups in total. The maximum atomic E-state index is 9.26. The number of benzene rings is 1. The molecule has 0 radical (unpaired) electrons. The minimum Gasteiger partial charge on any atom is -0.369 e. The highest BCUT2D eigenvalue weighted by Gasteiger charge is 2.16. The van der Waals surface area contributed by atoms with E-state index >= 15 is 0 Å². The van der Waals surface area contributed by atoms with Crippen molar-refractivity contribution in [1.82, 2.24) is 10.2 Å². The van der Waals surface area contributed by atoms with Gasteiger partial charge in [0.15, 0.2) is 0 Å². The second-order valence-electron chi connectivity index (χ2n) is 5.12. The average molecular weight is 256 g/mol. The van der Waals surface area contributed by atoms with E-state index in [0.717, 1.165) is 31.6 Å². The van der Waals surface area contributed by atoms with Crippen LogP contribution in [0.1, 0.15) is 29.9 Å². The Morgan fingerprint density at radius 1 is 1.37 bits per heavy atom. The molecular formula is C15H20N4. The summed E-state index contributed by atoms with van der Waals surface area (Å²) in [6.45, 7) is 2.13. The highest BCUT2D eigenvalue weighted by atomic mass is 15.1. The Balaban J connectivity index is 2.23. The fourth-order valence-corrected chi connectivity index (χ4v) is 2.34. The Morgan fingerprint density at radius 3 is 2.74 bits per heavy atom. The van der Waals surface area contributed by atoms with Gasteiger partial charge in [0.2, 0.25) is 0 Å². The molecule has 1 fully saturated rings. The van der Waals surface area contributed by atoms with E-state index < -0.39 is 0 Å². The van der Waals surface area contributed by atoms with E-state index in [0.29, 0.717) is 11.5 Å². The van der Waals surface area contributed by atoms with Gasteiger partial charge >= 0.3 is 0 Å². The molecule has 0 aromatic heterocycles. The fraction of sp³-hybridized carbons (Fsp3) is 0.467. The Labute approximate surface area is 114 Å². The molecule has 1 aliphatic rings. The zero-order chi connectivity index (χ0) is 13.7. The van der Waals surface area contributed by atoms with Gasteiger partial charge < -0.3 is 10.2 Å². The fourth-order valence-electron chi connectivity index (χ4n) is 2.34. The Hall–Kier alpha value is -1.86. The molecule has 1 aromatic carbocycles. The van der Waals surface area contributed by atoms with Crippen LogP contribution in [0, 0.1) is 11.3 Å². The van der Waals surface area contributed by atoms with E-state index in [1.165, 1.54) is 5.56 Å². The molecule has 0 bridgehead atoms. The summed E-state index contributed by atoms with van der Waals surface area (Å²) in [5, 5.41) is 12.6. The molecule has 0 spiro atoms. The lowest BCUT2D eigenvalue weighted by atomic mass is 9.89. The molecule has 4 nitrogen and oxygen atoms in total. The van der Waals surface area contributed by atoms with Crippen molar-refractivity contribution in [1.29, 1.82) is 5.26 Å². The number of aliphatic imine (C=N–C) groups is 1. The number of piperidine rings is 1. The first kappa shape index (κ1) is 13.6. The van der Waals surface area contributed by atoms with Crippen molar-refractivity contribution < 1.29 is 0 Å². The van der Waals surface area contributed by atoms with Gasteiger partial charge in [-0.1, -0.05) is 6.07 Å². The summed E-state index contributed by atoms with van der Waals surface area (Å²) < 4.78 is 0. The SMILES string of the molecule is CN(C)C=Nc1ccc(C2CCNCC2)cc1C#N. The van der Waals surface area contributed by atoms with Crippen LogP contribution in [0.25, 0.3) is 0 Å². The minimum atomic E-state index is 0.570. The Morgan fingerprint density at radius 2 is 2.11 bits per heavy atom. The molecule has 1 heterocycles. The van der Waals surface area contributed by atoms with Gasteiger partial charge in [0.25, 0.3) is 0 Å². The van der Waals surface area contributed by atoms with Crippen molar-refractivity contribution >= 4 is 12.0 Å². The Kier molecular flexibility index (Phi) is 4.53. The van der Waals surface area contributed by atoms with Gasteiger partial charge in [-0.15, -0.1) is 0 Å². The topological polar surface area (TPSA) is 51.4 Å². The standard InChI is InChI=1S/C15H20N4/c1-19(2)11-18-15-4-3-13(9-14(15)10-16)12-5-7-17-8-6-12/h3-4,9,11-12,17H,5-8H2,1-2H3. The van der Waals surface area contributed by atoms with Crippen molar-refractivity contribution in [3.63, 3.8) is 0 Å². The number of nitrogens with one attached hydrogen (secondary N) is 1. The maximum Gasteiger partial charge on any atom is 0.101 e. The Bertz CT molecular complexity index is 493. The predicted molar refractivity (Wildman–Crippen MR) is 77.8 cm³/mol. The summed E-state index contributed by atoms with van der Waals surface area (Å²) in [6, 6.07) is 8.31. The molecule has 1 aliphatic heterocycles. The van der Waals surface area contributed by atoms with E-state index in [2.05, 4.69) is 22.4 Å². The van der Waals surface area contributed by atoms with Crippen LogP contribution in [0.15, 0.2) is 23.2 Å². The molecule has 100 valence electrons. The summed E-state index contributed by atoms with van der Waals surface area (Å²) >= 11 is 0. The van der Waals surface area contributed by atoms with E-state index in [-0.39, 0.29) is 0 Å². The van der Waals surface area contributed by atoms with Gasteiger partial charge in [0.05, 0.1) is 17.6 Å². The molecule has 0 aliphatic carbocycles. The highest BCUT2D eigenvalue weighted by Crippen LogP contribution is 2.29. The van der Waals surface area contributed by atoms with Crippen molar-refractivity contribution in [2.24, 2.45) is 4.99 Å². The zero-order valence-electron chi connectivity index (χ0n) is 11.6. The van der Waals surface area contributed by atoms with Crippen LogP contribution in [0.2, 0.25) is 0 Å². The summed E-state index contributed by atoms with van der Waals surface area (Å²) in [7, 11) is 3.83. The van der Waals surface area contributed by atoms with Gasteiger partial charge in [0.1, 0.15) is 6.07 Å². The van der Waals surface area contributed by atoms with E-state index in [1.807, 2.05) is 31.1 Å². The van der Waals surface area contributed by atoms with Crippen LogP contribution < -0.4 is 5.32 Å². The molecule has 1 saturated heterocycles. The molecule has 1 aromatic rings. The molecule has 0 unspecified atom stereocenters. The smallest absolute Gasteiger partial charge is 0.101 e. The van der Waals surface area contributed by atoms with Crippen LogP contribution in [0.4, 0.5) is 5.69 Å². The number of hydrogen-bond acceptors (Lipinski definition) is 3. The highest BCUT2D eigenvalue weighted by molar-refractivity contribution is 5.65. The third-order valence-corrected chi connectivity index (χ3v) is 3.38. The number of nitrogens with zero attached hydrogens (tertiary/aromatic N) is 3. The lowest BCUT2D eigenvalue weighted by Crippen LogP contribution is -2.26. The van der Waals surface area contributed by atoms with Crippen molar-refractivity contribution in [3.05, 3.63) is 29.3 Å². The minimum absolute atomic E-state index is 0.570. The van der Waals surface area contributed by atoms with Crippen molar-refractivity contribution in [2.45, 2.75) is 18.8 Å². The molecule has 4 heteroatoms. The summed E-state index contributed by atoms with van der Waals surface area (Å²) in [6.07, 6.45) is 4.01. The van der Waals surface area contributed by atoms with Crippen molar-refractivity contribution in [2.75, 3.05) is 27.2 Å². The molecule has 0 amide bonds. The van der Waals surface area contributed by atoms with Crippen LogP contribution in [-0.4, -0.2) is 38.4 Å².